The summed E-state index contributed by atoms with van der Waals surface area (Å²) < 4.78 is 26.6. The van der Waals surface area contributed by atoms with E-state index in [2.05, 4.69) is 4.90 Å². The lowest BCUT2D eigenvalue weighted by Crippen LogP contribution is -2.45. The topological polar surface area (TPSA) is 23.6 Å². The van der Waals surface area contributed by atoms with Crippen LogP contribution in [0.2, 0.25) is 0 Å². The smallest absolute Gasteiger partial charge is 0.254 e. The average Bonchev–Trinajstić information content (AvgIpc) is 3.28. The van der Waals surface area contributed by atoms with Crippen LogP contribution in [0.5, 0.6) is 0 Å². The average molecular weight is 376 g/mol. The molecule has 0 saturated carbocycles. The monoisotopic (exact) mass is 376 g/mol. The molecule has 138 valence electrons. The third-order valence-electron chi connectivity index (χ3n) is 5.62. The molecule has 26 heavy (non-hydrogen) atoms. The standard InChI is InChI=1S/C20H22F2N2OS/c21-17-3-2-15(10-18(17)22)11-23-7-1-5-20(13-23)6-8-24(14-20)19(25)16-4-9-26-12-16/h2-4,9-10,12H,1,5-8,11,13-14H2/t20-/m0/s1. The number of benzene rings is 1. The van der Waals surface area contributed by atoms with Gasteiger partial charge in [0.15, 0.2) is 11.6 Å². The number of halogens is 2. The highest BCUT2D eigenvalue weighted by molar-refractivity contribution is 7.08. The van der Waals surface area contributed by atoms with Crippen LogP contribution in [0.25, 0.3) is 0 Å². The lowest BCUT2D eigenvalue weighted by molar-refractivity contribution is 0.0675. The molecular formula is C20H22F2N2OS. The summed E-state index contributed by atoms with van der Waals surface area (Å²) in [6, 6.07) is 6.02. The molecule has 1 atom stereocenters. The van der Waals surface area contributed by atoms with Crippen molar-refractivity contribution in [3.63, 3.8) is 0 Å². The zero-order valence-electron chi connectivity index (χ0n) is 14.6. The molecule has 1 spiro atoms. The van der Waals surface area contributed by atoms with Crippen LogP contribution in [0.4, 0.5) is 8.78 Å². The maximum Gasteiger partial charge on any atom is 0.254 e. The van der Waals surface area contributed by atoms with Crippen LogP contribution in [-0.2, 0) is 6.54 Å². The Morgan fingerprint density at radius 1 is 1.12 bits per heavy atom. The molecule has 2 fully saturated rings. The van der Waals surface area contributed by atoms with E-state index in [1.807, 2.05) is 21.7 Å². The van der Waals surface area contributed by atoms with Crippen molar-refractivity contribution in [3.05, 3.63) is 57.8 Å². The molecule has 0 radical (unpaired) electrons. The van der Waals surface area contributed by atoms with Crippen LogP contribution in [0.1, 0.15) is 35.2 Å². The summed E-state index contributed by atoms with van der Waals surface area (Å²) in [4.78, 5) is 16.9. The van der Waals surface area contributed by atoms with Gasteiger partial charge in [0.05, 0.1) is 5.56 Å². The van der Waals surface area contributed by atoms with Crippen molar-refractivity contribution in [2.45, 2.75) is 25.8 Å². The molecule has 0 unspecified atom stereocenters. The summed E-state index contributed by atoms with van der Waals surface area (Å²) in [5, 5.41) is 3.84. The lowest BCUT2D eigenvalue weighted by Gasteiger charge is -2.40. The van der Waals surface area contributed by atoms with Crippen LogP contribution in [0.3, 0.4) is 0 Å². The second kappa shape index (κ2) is 7.08. The van der Waals surface area contributed by atoms with Crippen molar-refractivity contribution in [1.82, 2.24) is 9.80 Å². The molecule has 1 aromatic carbocycles. The van der Waals surface area contributed by atoms with Gasteiger partial charge in [-0.2, -0.15) is 11.3 Å². The van der Waals surface area contributed by atoms with E-state index < -0.39 is 11.6 Å². The molecule has 3 heterocycles. The molecule has 2 aromatic rings. The SMILES string of the molecule is O=C(c1ccsc1)N1CC[C@]2(CCCN(Cc3ccc(F)c(F)c3)C2)C1. The first-order valence-corrected chi connectivity index (χ1v) is 9.97. The molecule has 0 aliphatic carbocycles. The van der Waals surface area contributed by atoms with E-state index in [0.29, 0.717) is 6.54 Å². The Hall–Kier alpha value is -1.79. The number of likely N-dealkylation sites (tertiary alicyclic amines) is 2. The maximum absolute atomic E-state index is 13.5. The Labute approximate surface area is 156 Å². The first kappa shape index (κ1) is 17.6. The number of hydrogen-bond donors (Lipinski definition) is 0. The Kier molecular flexibility index (Phi) is 4.80. The molecule has 0 N–H and O–H groups in total. The molecule has 6 heteroatoms. The molecule has 1 aromatic heterocycles. The summed E-state index contributed by atoms with van der Waals surface area (Å²) in [5.74, 6) is -1.47. The van der Waals surface area contributed by atoms with Gasteiger partial charge < -0.3 is 4.90 Å². The van der Waals surface area contributed by atoms with Gasteiger partial charge in [0.1, 0.15) is 0 Å². The number of carbonyl (C=O) groups is 1. The largest absolute Gasteiger partial charge is 0.338 e. The van der Waals surface area contributed by atoms with E-state index in [0.717, 1.165) is 56.6 Å². The highest BCUT2D eigenvalue weighted by Gasteiger charge is 2.42. The fourth-order valence-corrected chi connectivity index (χ4v) is 4.98. The van der Waals surface area contributed by atoms with E-state index in [1.54, 1.807) is 17.4 Å². The molecule has 1 amide bonds. The van der Waals surface area contributed by atoms with Gasteiger partial charge in [0.25, 0.3) is 5.91 Å². The van der Waals surface area contributed by atoms with Crippen LogP contribution in [-0.4, -0.2) is 41.9 Å². The molecule has 3 nitrogen and oxygen atoms in total. The van der Waals surface area contributed by atoms with Gasteiger partial charge in [-0.1, -0.05) is 6.07 Å². The summed E-state index contributed by atoms with van der Waals surface area (Å²) >= 11 is 1.54. The number of piperidine rings is 1. The highest BCUT2D eigenvalue weighted by atomic mass is 32.1. The molecule has 2 aliphatic heterocycles. The van der Waals surface area contributed by atoms with Gasteiger partial charge in [0, 0.05) is 37.0 Å². The number of thiophene rings is 1. The normalized spacial score (nSPS) is 23.7. The van der Waals surface area contributed by atoms with E-state index in [-0.39, 0.29) is 11.3 Å². The summed E-state index contributed by atoms with van der Waals surface area (Å²) in [7, 11) is 0. The molecule has 4 rings (SSSR count). The van der Waals surface area contributed by atoms with Crippen molar-refractivity contribution in [2.24, 2.45) is 5.41 Å². The minimum atomic E-state index is -0.803. The van der Waals surface area contributed by atoms with Gasteiger partial charge in [0.2, 0.25) is 0 Å². The summed E-state index contributed by atoms with van der Waals surface area (Å²) in [5.41, 5.74) is 1.70. The molecular weight excluding hydrogens is 354 g/mol. The minimum absolute atomic E-state index is 0.126. The summed E-state index contributed by atoms with van der Waals surface area (Å²) in [6.07, 6.45) is 3.20. The van der Waals surface area contributed by atoms with Crippen molar-refractivity contribution in [3.8, 4) is 0 Å². The number of nitrogens with zero attached hydrogens (tertiary/aromatic N) is 2. The van der Waals surface area contributed by atoms with Gasteiger partial charge in [-0.15, -0.1) is 0 Å². The van der Waals surface area contributed by atoms with E-state index in [1.165, 1.54) is 12.1 Å². The Morgan fingerprint density at radius 3 is 2.77 bits per heavy atom. The minimum Gasteiger partial charge on any atom is -0.338 e. The fourth-order valence-electron chi connectivity index (χ4n) is 4.35. The number of rotatable bonds is 3. The van der Waals surface area contributed by atoms with Crippen molar-refractivity contribution in [1.29, 1.82) is 0 Å². The predicted octanol–water partition coefficient (Wildman–Crippen LogP) is 4.15. The Bertz CT molecular complexity index is 795. The Balaban J connectivity index is 1.41. The van der Waals surface area contributed by atoms with Gasteiger partial charge in [-0.3, -0.25) is 9.69 Å². The third kappa shape index (κ3) is 3.53. The molecule has 2 saturated heterocycles. The summed E-state index contributed by atoms with van der Waals surface area (Å²) in [6.45, 7) is 4.07. The predicted molar refractivity (Wildman–Crippen MR) is 98.1 cm³/mol. The van der Waals surface area contributed by atoms with Crippen LogP contribution in [0, 0.1) is 17.0 Å². The number of carbonyl (C=O) groups excluding carboxylic acids is 1. The third-order valence-corrected chi connectivity index (χ3v) is 6.31. The fraction of sp³-hybridized carbons (Fsp3) is 0.450. The van der Waals surface area contributed by atoms with Gasteiger partial charge in [-0.25, -0.2) is 8.78 Å². The maximum atomic E-state index is 13.5. The quantitative estimate of drug-likeness (QED) is 0.803. The molecule has 2 aliphatic rings. The second-order valence-corrected chi connectivity index (χ2v) is 8.33. The first-order valence-electron chi connectivity index (χ1n) is 9.02. The Morgan fingerprint density at radius 2 is 2.00 bits per heavy atom. The number of amides is 1. The van der Waals surface area contributed by atoms with Crippen LogP contribution in [0.15, 0.2) is 35.0 Å². The van der Waals surface area contributed by atoms with Crippen molar-refractivity contribution < 1.29 is 13.6 Å². The number of hydrogen-bond acceptors (Lipinski definition) is 3. The van der Waals surface area contributed by atoms with Crippen LogP contribution < -0.4 is 0 Å². The van der Waals surface area contributed by atoms with Crippen molar-refractivity contribution >= 4 is 17.2 Å². The van der Waals surface area contributed by atoms with E-state index in [9.17, 15) is 13.6 Å². The van der Waals surface area contributed by atoms with E-state index in [4.69, 9.17) is 0 Å². The highest BCUT2D eigenvalue weighted by Crippen LogP contribution is 2.40. The van der Waals surface area contributed by atoms with Gasteiger partial charge in [-0.05, 0) is 54.9 Å². The zero-order valence-corrected chi connectivity index (χ0v) is 15.4. The second-order valence-electron chi connectivity index (χ2n) is 7.55. The molecule has 0 bridgehead atoms. The lowest BCUT2D eigenvalue weighted by atomic mass is 9.79. The van der Waals surface area contributed by atoms with Gasteiger partial charge >= 0.3 is 0 Å². The van der Waals surface area contributed by atoms with Crippen molar-refractivity contribution in [2.75, 3.05) is 26.2 Å². The first-order chi connectivity index (χ1) is 12.5. The zero-order chi connectivity index (χ0) is 18.1. The van der Waals surface area contributed by atoms with Crippen LogP contribution >= 0.6 is 11.3 Å². The van der Waals surface area contributed by atoms with E-state index >= 15 is 0 Å².